The van der Waals surface area contributed by atoms with Crippen LogP contribution in [-0.4, -0.2) is 34.0 Å². The Balaban J connectivity index is 2.08. The van der Waals surface area contributed by atoms with E-state index in [-0.39, 0.29) is 23.9 Å². The van der Waals surface area contributed by atoms with E-state index in [9.17, 15) is 15.0 Å². The summed E-state index contributed by atoms with van der Waals surface area (Å²) in [4.78, 5) is 10.8. The zero-order valence-electron chi connectivity index (χ0n) is 8.43. The molecule has 80 valence electrons. The Hall–Kier alpha value is -0.610. The Morgan fingerprint density at radius 2 is 2.21 bits per heavy atom. The number of esters is 1. The van der Waals surface area contributed by atoms with Crippen molar-refractivity contribution >= 4 is 5.97 Å². The number of carbonyl (C=O) groups is 1. The van der Waals surface area contributed by atoms with Crippen molar-refractivity contribution in [1.29, 1.82) is 0 Å². The van der Waals surface area contributed by atoms with Gasteiger partial charge in [0.1, 0.15) is 6.10 Å². The molecule has 5 atom stereocenters. The normalized spacial score (nSPS) is 50.9. The van der Waals surface area contributed by atoms with Crippen LogP contribution in [0.3, 0.4) is 0 Å². The molecule has 0 aromatic rings. The van der Waals surface area contributed by atoms with Gasteiger partial charge in [-0.1, -0.05) is 0 Å². The molecular weight excluding hydrogens is 184 g/mol. The van der Waals surface area contributed by atoms with Crippen LogP contribution in [0.4, 0.5) is 0 Å². The highest BCUT2D eigenvalue weighted by molar-refractivity contribution is 5.66. The molecule has 2 aliphatic carbocycles. The lowest BCUT2D eigenvalue weighted by atomic mass is 9.68. The van der Waals surface area contributed by atoms with Crippen LogP contribution in [0.1, 0.15) is 26.7 Å². The number of hydrogen-bond acceptors (Lipinski definition) is 4. The molecule has 0 amide bonds. The van der Waals surface area contributed by atoms with Gasteiger partial charge < -0.3 is 14.9 Å². The molecule has 2 aliphatic rings. The van der Waals surface area contributed by atoms with Gasteiger partial charge in [0.2, 0.25) is 0 Å². The van der Waals surface area contributed by atoms with E-state index in [4.69, 9.17) is 4.74 Å². The fourth-order valence-electron chi connectivity index (χ4n) is 2.96. The molecule has 2 fully saturated rings. The average molecular weight is 200 g/mol. The first-order chi connectivity index (χ1) is 6.42. The van der Waals surface area contributed by atoms with Crippen molar-refractivity contribution in [3.8, 4) is 0 Å². The molecule has 0 aromatic carbocycles. The van der Waals surface area contributed by atoms with Gasteiger partial charge in [0.05, 0.1) is 11.7 Å². The molecule has 2 N–H and O–H groups in total. The molecular formula is C10H16O4. The third-order valence-electron chi connectivity index (χ3n) is 3.52. The van der Waals surface area contributed by atoms with Gasteiger partial charge in [0.15, 0.2) is 0 Å². The highest BCUT2D eigenvalue weighted by Crippen LogP contribution is 2.53. The Morgan fingerprint density at radius 3 is 2.64 bits per heavy atom. The van der Waals surface area contributed by atoms with Crippen molar-refractivity contribution in [2.45, 2.75) is 44.5 Å². The Bertz CT molecular complexity index is 261. The molecule has 0 spiro atoms. The summed E-state index contributed by atoms with van der Waals surface area (Å²) in [7, 11) is 0. The number of carbonyl (C=O) groups excluding carboxylic acids is 1. The fraction of sp³-hybridized carbons (Fsp3) is 0.900. The summed E-state index contributed by atoms with van der Waals surface area (Å²) in [6.07, 6.45) is 0.434. The molecule has 0 bridgehead atoms. The molecule has 0 heterocycles. The monoisotopic (exact) mass is 200 g/mol. The predicted molar refractivity (Wildman–Crippen MR) is 48.4 cm³/mol. The molecule has 4 nitrogen and oxygen atoms in total. The van der Waals surface area contributed by atoms with Crippen LogP contribution in [0, 0.1) is 11.8 Å². The SMILES string of the molecule is CC(=O)O[C@@H]1C[C@@](C)(O)[C@H]2[C@@H]1C[C@H]2O. The van der Waals surface area contributed by atoms with Crippen LogP contribution in [0.15, 0.2) is 0 Å². The fourth-order valence-corrected chi connectivity index (χ4v) is 2.96. The Morgan fingerprint density at radius 1 is 1.57 bits per heavy atom. The topological polar surface area (TPSA) is 66.8 Å². The summed E-state index contributed by atoms with van der Waals surface area (Å²) in [6.45, 7) is 3.08. The molecule has 2 saturated carbocycles. The first-order valence-corrected chi connectivity index (χ1v) is 4.99. The second-order valence-electron chi connectivity index (χ2n) is 4.70. The first kappa shape index (κ1) is 9.93. The van der Waals surface area contributed by atoms with Crippen LogP contribution in [0.2, 0.25) is 0 Å². The van der Waals surface area contributed by atoms with Gasteiger partial charge in [0.25, 0.3) is 0 Å². The lowest BCUT2D eigenvalue weighted by molar-refractivity contribution is -0.154. The summed E-state index contributed by atoms with van der Waals surface area (Å²) >= 11 is 0. The number of hydrogen-bond donors (Lipinski definition) is 2. The van der Waals surface area contributed by atoms with E-state index in [0.717, 1.165) is 0 Å². The van der Waals surface area contributed by atoms with Crippen LogP contribution in [-0.2, 0) is 9.53 Å². The predicted octanol–water partition coefficient (Wildman–Crippen LogP) is 0.0698. The largest absolute Gasteiger partial charge is 0.462 e. The highest BCUT2D eigenvalue weighted by atomic mass is 16.5. The van der Waals surface area contributed by atoms with Crippen molar-refractivity contribution < 1.29 is 19.7 Å². The van der Waals surface area contributed by atoms with Gasteiger partial charge in [-0.05, 0) is 13.3 Å². The van der Waals surface area contributed by atoms with Crippen molar-refractivity contribution in [3.05, 3.63) is 0 Å². The van der Waals surface area contributed by atoms with E-state index < -0.39 is 11.7 Å². The summed E-state index contributed by atoms with van der Waals surface area (Å²) in [5.41, 5.74) is -0.886. The van der Waals surface area contributed by atoms with Crippen molar-refractivity contribution in [1.82, 2.24) is 0 Å². The number of rotatable bonds is 1. The summed E-state index contributed by atoms with van der Waals surface area (Å²) in [6, 6.07) is 0. The maximum atomic E-state index is 10.8. The van der Waals surface area contributed by atoms with E-state index >= 15 is 0 Å². The zero-order chi connectivity index (χ0) is 10.5. The standard InChI is InChI=1S/C10H16O4/c1-5(11)14-8-4-10(2,13)9-6(8)3-7(9)12/h6-9,12-13H,3-4H2,1-2H3/t6-,7-,8-,9+,10-/m1/s1. The number of aliphatic hydroxyl groups is 2. The minimum absolute atomic E-state index is 0.119. The number of aliphatic hydroxyl groups excluding tert-OH is 1. The lowest BCUT2D eigenvalue weighted by Gasteiger charge is -2.42. The van der Waals surface area contributed by atoms with Crippen LogP contribution >= 0.6 is 0 Å². The molecule has 2 rings (SSSR count). The van der Waals surface area contributed by atoms with Crippen molar-refractivity contribution in [3.63, 3.8) is 0 Å². The van der Waals surface area contributed by atoms with E-state index in [0.29, 0.717) is 12.8 Å². The molecule has 0 radical (unpaired) electrons. The third kappa shape index (κ3) is 1.33. The van der Waals surface area contributed by atoms with Gasteiger partial charge in [0, 0.05) is 25.2 Å². The zero-order valence-corrected chi connectivity index (χ0v) is 8.43. The highest BCUT2D eigenvalue weighted by Gasteiger charge is 2.60. The van der Waals surface area contributed by atoms with E-state index in [1.807, 2.05) is 0 Å². The maximum Gasteiger partial charge on any atom is 0.302 e. The van der Waals surface area contributed by atoms with E-state index in [2.05, 4.69) is 0 Å². The van der Waals surface area contributed by atoms with Crippen LogP contribution < -0.4 is 0 Å². The maximum absolute atomic E-state index is 10.8. The molecule has 4 heteroatoms. The van der Waals surface area contributed by atoms with Crippen molar-refractivity contribution in [2.75, 3.05) is 0 Å². The molecule has 0 unspecified atom stereocenters. The lowest BCUT2D eigenvalue weighted by Crippen LogP contribution is -2.50. The molecule has 0 saturated heterocycles. The minimum atomic E-state index is -0.886. The van der Waals surface area contributed by atoms with Crippen LogP contribution in [0.25, 0.3) is 0 Å². The van der Waals surface area contributed by atoms with Gasteiger partial charge in [-0.2, -0.15) is 0 Å². The van der Waals surface area contributed by atoms with Gasteiger partial charge in [-0.15, -0.1) is 0 Å². The van der Waals surface area contributed by atoms with Gasteiger partial charge in [-0.25, -0.2) is 0 Å². The Kier molecular flexibility index (Phi) is 2.08. The number of fused-ring (bicyclic) bond motifs is 1. The summed E-state index contributed by atoms with van der Waals surface area (Å²) < 4.78 is 5.12. The summed E-state index contributed by atoms with van der Waals surface area (Å²) in [5.74, 6) is -0.288. The van der Waals surface area contributed by atoms with Crippen LogP contribution in [0.5, 0.6) is 0 Å². The van der Waals surface area contributed by atoms with E-state index in [1.54, 1.807) is 6.92 Å². The summed E-state index contributed by atoms with van der Waals surface area (Å²) in [5, 5.41) is 19.5. The number of ether oxygens (including phenoxy) is 1. The van der Waals surface area contributed by atoms with E-state index in [1.165, 1.54) is 6.92 Å². The molecule has 14 heavy (non-hydrogen) atoms. The van der Waals surface area contributed by atoms with Crippen molar-refractivity contribution in [2.24, 2.45) is 11.8 Å². The van der Waals surface area contributed by atoms with Gasteiger partial charge >= 0.3 is 5.97 Å². The minimum Gasteiger partial charge on any atom is -0.462 e. The van der Waals surface area contributed by atoms with Gasteiger partial charge in [-0.3, -0.25) is 4.79 Å². The average Bonchev–Trinajstić information content (AvgIpc) is 2.13. The first-order valence-electron chi connectivity index (χ1n) is 4.99. The quantitative estimate of drug-likeness (QED) is 0.588. The second kappa shape index (κ2) is 2.94. The molecule has 0 aliphatic heterocycles. The smallest absolute Gasteiger partial charge is 0.302 e. The second-order valence-corrected chi connectivity index (χ2v) is 4.70. The third-order valence-corrected chi connectivity index (χ3v) is 3.52. The molecule has 0 aromatic heterocycles. The Labute approximate surface area is 82.9 Å².